The fraction of sp³-hybridized carbons (Fsp3) is 0.310. The molecule has 38 heavy (non-hydrogen) atoms. The van der Waals surface area contributed by atoms with Crippen LogP contribution in [0.25, 0.3) is 11.6 Å². The number of H-pyrrole nitrogens is 1. The van der Waals surface area contributed by atoms with E-state index >= 15 is 0 Å². The maximum absolute atomic E-state index is 13.1. The van der Waals surface area contributed by atoms with E-state index in [0.29, 0.717) is 54.0 Å². The quantitative estimate of drug-likeness (QED) is 0.418. The highest BCUT2D eigenvalue weighted by molar-refractivity contribution is 7.90. The second-order valence-corrected chi connectivity index (χ2v) is 12.0. The van der Waals surface area contributed by atoms with Gasteiger partial charge in [-0.05, 0) is 67.7 Å². The lowest BCUT2D eigenvalue weighted by atomic mass is 10.0. The Morgan fingerprint density at radius 1 is 1.11 bits per heavy atom. The highest BCUT2D eigenvalue weighted by atomic mass is 32.2. The van der Waals surface area contributed by atoms with Crippen LogP contribution in [0.2, 0.25) is 0 Å². The number of aryl methyl sites for hydroxylation is 1. The van der Waals surface area contributed by atoms with E-state index in [1.165, 1.54) is 6.07 Å². The van der Waals surface area contributed by atoms with Gasteiger partial charge in [-0.15, -0.1) is 0 Å². The first-order valence-corrected chi connectivity index (χ1v) is 14.4. The number of aromatic amines is 1. The van der Waals surface area contributed by atoms with Crippen molar-refractivity contribution in [3.63, 3.8) is 0 Å². The topological polar surface area (TPSA) is 120 Å². The molecule has 2 aliphatic heterocycles. The van der Waals surface area contributed by atoms with Crippen LogP contribution in [0.4, 0.5) is 5.69 Å². The number of aliphatic hydroxyl groups excluding tert-OH is 1. The molecule has 0 spiro atoms. The molecular formula is C29H31N3O5S. The van der Waals surface area contributed by atoms with Crippen molar-refractivity contribution >= 4 is 39.0 Å². The van der Waals surface area contributed by atoms with Crippen molar-refractivity contribution in [2.45, 2.75) is 49.9 Å². The van der Waals surface area contributed by atoms with Crippen LogP contribution >= 0.6 is 0 Å². The molecule has 198 valence electrons. The first kappa shape index (κ1) is 25.9. The standard InChI is InChI=1S/C29H31N3O5S/c1-18-23(16-28(34)32-12-10-21(33)11-13-32)19(2)30-27(18)15-25-24-14-22(8-9-26(24)31-29(25)35)38(36,37)17-20-6-4-3-5-7-20/h3-9,14-15,21,30,33H,10-13,16-17H2,1-2H3,(H,31,35). The Kier molecular flexibility index (Phi) is 6.98. The summed E-state index contributed by atoms with van der Waals surface area (Å²) < 4.78 is 26.2. The minimum atomic E-state index is -3.62. The molecule has 3 aromatic rings. The number of hydrogen-bond acceptors (Lipinski definition) is 5. The summed E-state index contributed by atoms with van der Waals surface area (Å²) in [5, 5.41) is 12.5. The van der Waals surface area contributed by atoms with Crippen LogP contribution in [-0.2, 0) is 31.6 Å². The second kappa shape index (κ2) is 10.2. The van der Waals surface area contributed by atoms with Crippen LogP contribution in [-0.4, -0.2) is 54.4 Å². The van der Waals surface area contributed by atoms with E-state index < -0.39 is 9.84 Å². The zero-order valence-corrected chi connectivity index (χ0v) is 22.3. The first-order chi connectivity index (χ1) is 18.1. The number of fused-ring (bicyclic) bond motifs is 1. The molecule has 3 N–H and O–H groups in total. The fourth-order valence-corrected chi connectivity index (χ4v) is 6.50. The normalized spacial score (nSPS) is 17.1. The summed E-state index contributed by atoms with van der Waals surface area (Å²) in [5.41, 5.74) is 5.44. The summed E-state index contributed by atoms with van der Waals surface area (Å²) in [6, 6.07) is 13.7. The lowest BCUT2D eigenvalue weighted by Crippen LogP contribution is -2.40. The zero-order valence-electron chi connectivity index (χ0n) is 21.5. The molecule has 0 bridgehead atoms. The predicted octanol–water partition coefficient (Wildman–Crippen LogP) is 3.62. The summed E-state index contributed by atoms with van der Waals surface area (Å²) in [6.45, 7) is 4.90. The third kappa shape index (κ3) is 5.16. The summed E-state index contributed by atoms with van der Waals surface area (Å²) in [7, 11) is -3.62. The molecule has 2 aromatic carbocycles. The number of nitrogens with zero attached hydrogens (tertiary/aromatic N) is 1. The van der Waals surface area contributed by atoms with Crippen molar-refractivity contribution in [3.8, 4) is 0 Å². The SMILES string of the molecule is Cc1[nH]c(C=C2C(=O)Nc3ccc(S(=O)(=O)Cc4ccccc4)cc32)c(C)c1CC(=O)N1CCC(O)CC1. The number of piperidine rings is 1. The summed E-state index contributed by atoms with van der Waals surface area (Å²) in [4.78, 5) is 31.0. The average Bonchev–Trinajstić information content (AvgIpc) is 3.34. The van der Waals surface area contributed by atoms with Gasteiger partial charge in [0, 0.05) is 35.7 Å². The van der Waals surface area contributed by atoms with Crippen LogP contribution in [0.15, 0.2) is 53.4 Å². The number of rotatable bonds is 6. The molecule has 2 aliphatic rings. The van der Waals surface area contributed by atoms with Gasteiger partial charge in [0.2, 0.25) is 5.91 Å². The van der Waals surface area contributed by atoms with E-state index in [4.69, 9.17) is 0 Å². The Morgan fingerprint density at radius 2 is 1.82 bits per heavy atom. The average molecular weight is 534 g/mol. The van der Waals surface area contributed by atoms with Gasteiger partial charge in [-0.3, -0.25) is 9.59 Å². The van der Waals surface area contributed by atoms with Crippen LogP contribution in [0.1, 0.15) is 46.5 Å². The smallest absolute Gasteiger partial charge is 0.256 e. The number of aliphatic hydroxyl groups is 1. The second-order valence-electron chi connectivity index (χ2n) is 10.0. The van der Waals surface area contributed by atoms with Gasteiger partial charge in [-0.25, -0.2) is 8.42 Å². The molecule has 1 aromatic heterocycles. The highest BCUT2D eigenvalue weighted by Gasteiger charge is 2.28. The number of anilines is 1. The van der Waals surface area contributed by atoms with Crippen molar-refractivity contribution in [1.82, 2.24) is 9.88 Å². The van der Waals surface area contributed by atoms with E-state index in [9.17, 15) is 23.1 Å². The van der Waals surface area contributed by atoms with Gasteiger partial charge >= 0.3 is 0 Å². The molecular weight excluding hydrogens is 502 g/mol. The third-order valence-electron chi connectivity index (χ3n) is 7.40. The maximum Gasteiger partial charge on any atom is 0.256 e. The van der Waals surface area contributed by atoms with Gasteiger partial charge in [0.15, 0.2) is 9.84 Å². The number of sulfone groups is 1. The molecule has 2 amide bonds. The summed E-state index contributed by atoms with van der Waals surface area (Å²) in [6.07, 6.45) is 2.79. The molecule has 9 heteroatoms. The Labute approximate surface area is 222 Å². The predicted molar refractivity (Wildman–Crippen MR) is 146 cm³/mol. The molecule has 0 radical (unpaired) electrons. The maximum atomic E-state index is 13.1. The molecule has 5 rings (SSSR count). The molecule has 3 heterocycles. The molecule has 0 aliphatic carbocycles. The van der Waals surface area contributed by atoms with Crippen LogP contribution < -0.4 is 5.32 Å². The molecule has 0 atom stereocenters. The van der Waals surface area contributed by atoms with Gasteiger partial charge < -0.3 is 20.3 Å². The zero-order chi connectivity index (χ0) is 27.0. The number of likely N-dealkylation sites (tertiary alicyclic amines) is 1. The molecule has 8 nitrogen and oxygen atoms in total. The van der Waals surface area contributed by atoms with Gasteiger partial charge in [0.05, 0.1) is 28.7 Å². The van der Waals surface area contributed by atoms with Crippen molar-refractivity contribution in [2.24, 2.45) is 0 Å². The van der Waals surface area contributed by atoms with Gasteiger partial charge in [-0.1, -0.05) is 30.3 Å². The van der Waals surface area contributed by atoms with Crippen molar-refractivity contribution in [1.29, 1.82) is 0 Å². The Morgan fingerprint density at radius 3 is 2.53 bits per heavy atom. The van der Waals surface area contributed by atoms with E-state index in [0.717, 1.165) is 16.8 Å². The van der Waals surface area contributed by atoms with Gasteiger partial charge in [-0.2, -0.15) is 0 Å². The lowest BCUT2D eigenvalue weighted by Gasteiger charge is -2.29. The summed E-state index contributed by atoms with van der Waals surface area (Å²) >= 11 is 0. The van der Waals surface area contributed by atoms with Crippen molar-refractivity contribution < 1.29 is 23.1 Å². The first-order valence-electron chi connectivity index (χ1n) is 12.7. The van der Waals surface area contributed by atoms with E-state index in [-0.39, 0.29) is 35.0 Å². The number of benzene rings is 2. The number of hydrogen-bond donors (Lipinski definition) is 3. The number of nitrogens with one attached hydrogen (secondary N) is 2. The van der Waals surface area contributed by atoms with E-state index in [2.05, 4.69) is 10.3 Å². The summed E-state index contributed by atoms with van der Waals surface area (Å²) in [5.74, 6) is -0.428. The van der Waals surface area contributed by atoms with Crippen LogP contribution in [0.3, 0.4) is 0 Å². The Balaban J connectivity index is 1.42. The molecule has 1 saturated heterocycles. The Bertz CT molecular complexity index is 1530. The van der Waals surface area contributed by atoms with Crippen LogP contribution in [0.5, 0.6) is 0 Å². The molecule has 0 saturated carbocycles. The molecule has 1 fully saturated rings. The van der Waals surface area contributed by atoms with E-state index in [1.807, 2.05) is 19.9 Å². The van der Waals surface area contributed by atoms with Gasteiger partial charge in [0.25, 0.3) is 5.91 Å². The monoisotopic (exact) mass is 533 g/mol. The highest BCUT2D eigenvalue weighted by Crippen LogP contribution is 2.36. The van der Waals surface area contributed by atoms with E-state index in [1.54, 1.807) is 47.4 Å². The lowest BCUT2D eigenvalue weighted by molar-refractivity contribution is -0.132. The minimum absolute atomic E-state index is 0.0125. The minimum Gasteiger partial charge on any atom is -0.393 e. The van der Waals surface area contributed by atoms with Gasteiger partial charge in [0.1, 0.15) is 0 Å². The number of carbonyl (C=O) groups is 2. The van der Waals surface area contributed by atoms with Crippen LogP contribution in [0, 0.1) is 13.8 Å². The number of carbonyl (C=O) groups excluding carboxylic acids is 2. The van der Waals surface area contributed by atoms with Crippen molar-refractivity contribution in [3.05, 3.63) is 82.2 Å². The largest absolute Gasteiger partial charge is 0.393 e. The van der Waals surface area contributed by atoms with Crippen molar-refractivity contribution in [2.75, 3.05) is 18.4 Å². The third-order valence-corrected chi connectivity index (χ3v) is 9.08. The molecule has 0 unspecified atom stereocenters. The Hall–Kier alpha value is -3.69. The number of amides is 2. The fourth-order valence-electron chi connectivity index (χ4n) is 5.13. The number of aromatic nitrogens is 1.